The Balaban J connectivity index is 1.80. The van der Waals surface area contributed by atoms with Crippen molar-refractivity contribution >= 4 is 35.0 Å². The van der Waals surface area contributed by atoms with Crippen LogP contribution in [0.1, 0.15) is 52.9 Å². The lowest BCUT2D eigenvalue weighted by Crippen LogP contribution is -2.54. The second-order valence-electron chi connectivity index (χ2n) is 9.41. The van der Waals surface area contributed by atoms with Crippen LogP contribution in [0.5, 0.6) is 0 Å². The molecule has 1 aliphatic rings. The number of nitrogens with one attached hydrogen (secondary N) is 1. The monoisotopic (exact) mass is 524 g/mol. The number of halogens is 2. The maximum atomic E-state index is 13.9. The van der Waals surface area contributed by atoms with Gasteiger partial charge in [-0.2, -0.15) is 0 Å². The number of carbonyl (C=O) groups excluding carboxylic acids is 2. The molecule has 0 fully saturated rings. The summed E-state index contributed by atoms with van der Waals surface area (Å²) in [7, 11) is 0. The average molecular weight is 525 g/mol. The van der Waals surface area contributed by atoms with Crippen molar-refractivity contribution in [3.8, 4) is 0 Å². The summed E-state index contributed by atoms with van der Waals surface area (Å²) in [6.45, 7) is 4.11. The lowest BCUT2D eigenvalue weighted by molar-refractivity contribution is -0.124. The van der Waals surface area contributed by atoms with Gasteiger partial charge in [0.2, 0.25) is 5.91 Å². The van der Waals surface area contributed by atoms with Crippen LogP contribution in [0.4, 0.5) is 0 Å². The van der Waals surface area contributed by atoms with E-state index in [1.54, 1.807) is 35.2 Å². The van der Waals surface area contributed by atoms with Crippen molar-refractivity contribution in [2.75, 3.05) is 13.2 Å². The third kappa shape index (κ3) is 5.29. The zero-order valence-corrected chi connectivity index (χ0v) is 21.8. The standard InChI is InChI=1S/C29H30Cl2N2O3/c1-18(2)25(17-34)33-27(23-13-12-20(30)16-24(23)31)26(21-10-6-7-11-22(21)29(33)36)28(35)32-15-14-19-8-4-3-5-9-19/h3-13,16,18,25-27,34H,14-15,17H2,1-2H3,(H,32,35)/t25-,26-,27+/m1/s1. The molecular formula is C29H30Cl2N2O3. The highest BCUT2D eigenvalue weighted by Gasteiger charge is 2.47. The zero-order valence-electron chi connectivity index (χ0n) is 20.3. The van der Waals surface area contributed by atoms with Crippen molar-refractivity contribution < 1.29 is 14.7 Å². The van der Waals surface area contributed by atoms with Crippen molar-refractivity contribution in [1.82, 2.24) is 10.2 Å². The molecular weight excluding hydrogens is 495 g/mol. The Bertz CT molecular complexity index is 1230. The largest absolute Gasteiger partial charge is 0.394 e. The molecule has 4 rings (SSSR count). The van der Waals surface area contributed by atoms with Gasteiger partial charge in [0.25, 0.3) is 5.91 Å². The van der Waals surface area contributed by atoms with Gasteiger partial charge < -0.3 is 15.3 Å². The van der Waals surface area contributed by atoms with E-state index in [0.717, 1.165) is 5.56 Å². The Labute approximate surface area is 222 Å². The number of carbonyl (C=O) groups is 2. The first-order valence-electron chi connectivity index (χ1n) is 12.1. The molecule has 1 aliphatic heterocycles. The van der Waals surface area contributed by atoms with Crippen LogP contribution in [0.25, 0.3) is 0 Å². The van der Waals surface area contributed by atoms with E-state index in [2.05, 4.69) is 5.32 Å². The van der Waals surface area contributed by atoms with Gasteiger partial charge in [-0.15, -0.1) is 0 Å². The zero-order chi connectivity index (χ0) is 25.8. The van der Waals surface area contributed by atoms with E-state index in [1.165, 1.54) is 0 Å². The minimum atomic E-state index is -0.721. The Hall–Kier alpha value is -2.86. The Morgan fingerprint density at radius 3 is 2.36 bits per heavy atom. The average Bonchev–Trinajstić information content (AvgIpc) is 2.86. The molecule has 0 aliphatic carbocycles. The number of benzene rings is 3. The van der Waals surface area contributed by atoms with Crippen molar-refractivity contribution in [1.29, 1.82) is 0 Å². The highest BCUT2D eigenvalue weighted by Crippen LogP contribution is 2.46. The predicted molar refractivity (Wildman–Crippen MR) is 143 cm³/mol. The molecule has 7 heteroatoms. The first kappa shape index (κ1) is 26.2. The first-order chi connectivity index (χ1) is 17.3. The SMILES string of the molecule is CC(C)[C@@H](CO)N1C(=O)c2ccccc2[C@@H](C(=O)NCCc2ccccc2)[C@@H]1c1ccc(Cl)cc1Cl. The fourth-order valence-corrected chi connectivity index (χ4v) is 5.50. The highest BCUT2D eigenvalue weighted by molar-refractivity contribution is 6.35. The fraction of sp³-hybridized carbons (Fsp3) is 0.310. The van der Waals surface area contributed by atoms with Crippen molar-refractivity contribution in [3.63, 3.8) is 0 Å². The van der Waals surface area contributed by atoms with E-state index in [4.69, 9.17) is 23.2 Å². The van der Waals surface area contributed by atoms with E-state index in [1.807, 2.05) is 56.3 Å². The van der Waals surface area contributed by atoms with Crippen molar-refractivity contribution in [2.45, 2.75) is 38.3 Å². The van der Waals surface area contributed by atoms with E-state index in [9.17, 15) is 14.7 Å². The van der Waals surface area contributed by atoms with Gasteiger partial charge in [-0.3, -0.25) is 9.59 Å². The summed E-state index contributed by atoms with van der Waals surface area (Å²) in [6, 6.07) is 21.0. The van der Waals surface area contributed by atoms with Crippen LogP contribution < -0.4 is 5.32 Å². The summed E-state index contributed by atoms with van der Waals surface area (Å²) in [5.41, 5.74) is 2.84. The summed E-state index contributed by atoms with van der Waals surface area (Å²) < 4.78 is 0. The number of fused-ring (bicyclic) bond motifs is 1. The van der Waals surface area contributed by atoms with Crippen molar-refractivity contribution in [3.05, 3.63) is 105 Å². The maximum Gasteiger partial charge on any atom is 0.255 e. The molecule has 0 radical (unpaired) electrons. The number of aliphatic hydroxyl groups is 1. The van der Waals surface area contributed by atoms with E-state index in [-0.39, 0.29) is 24.3 Å². The number of hydrogen-bond acceptors (Lipinski definition) is 3. The molecule has 1 heterocycles. The Morgan fingerprint density at radius 1 is 1.00 bits per heavy atom. The van der Waals surface area contributed by atoms with Crippen LogP contribution in [0.3, 0.4) is 0 Å². The molecule has 0 aromatic heterocycles. The quantitative estimate of drug-likeness (QED) is 0.400. The minimum absolute atomic E-state index is 0.0559. The van der Waals surface area contributed by atoms with Gasteiger partial charge in [0.05, 0.1) is 24.6 Å². The summed E-state index contributed by atoms with van der Waals surface area (Å²) >= 11 is 12.9. The van der Waals surface area contributed by atoms with Crippen molar-refractivity contribution in [2.24, 2.45) is 5.92 Å². The van der Waals surface area contributed by atoms with Crippen LogP contribution in [-0.2, 0) is 11.2 Å². The third-order valence-electron chi connectivity index (χ3n) is 6.81. The van der Waals surface area contributed by atoms with Gasteiger partial charge in [0.15, 0.2) is 0 Å². The molecule has 3 atom stereocenters. The van der Waals surface area contributed by atoms with Crippen LogP contribution in [0.2, 0.25) is 10.0 Å². The molecule has 5 nitrogen and oxygen atoms in total. The van der Waals surface area contributed by atoms with Gasteiger partial charge in [0.1, 0.15) is 0 Å². The van der Waals surface area contributed by atoms with Gasteiger partial charge >= 0.3 is 0 Å². The van der Waals surface area contributed by atoms with Gasteiger partial charge in [-0.1, -0.05) is 91.6 Å². The molecule has 0 bridgehead atoms. The van der Waals surface area contributed by atoms with Crippen LogP contribution in [-0.4, -0.2) is 41.0 Å². The lowest BCUT2D eigenvalue weighted by Gasteiger charge is -2.46. The molecule has 36 heavy (non-hydrogen) atoms. The molecule has 0 unspecified atom stereocenters. The van der Waals surface area contributed by atoms with Gasteiger partial charge in [-0.05, 0) is 47.2 Å². The van der Waals surface area contributed by atoms with E-state index < -0.39 is 18.0 Å². The number of hydrogen-bond donors (Lipinski definition) is 2. The molecule has 3 aromatic carbocycles. The second kappa shape index (κ2) is 11.5. The Kier molecular flexibility index (Phi) is 8.35. The summed E-state index contributed by atoms with van der Waals surface area (Å²) in [4.78, 5) is 29.4. The van der Waals surface area contributed by atoms with Gasteiger partial charge in [-0.25, -0.2) is 0 Å². The summed E-state index contributed by atoms with van der Waals surface area (Å²) in [6.07, 6.45) is 0.682. The van der Waals surface area contributed by atoms with Crippen LogP contribution in [0.15, 0.2) is 72.8 Å². The normalized spacial score (nSPS) is 18.2. The van der Waals surface area contributed by atoms with Gasteiger partial charge in [0, 0.05) is 22.2 Å². The van der Waals surface area contributed by atoms with E-state index in [0.29, 0.717) is 39.7 Å². The highest BCUT2D eigenvalue weighted by atomic mass is 35.5. The number of rotatable bonds is 8. The Morgan fingerprint density at radius 2 is 1.69 bits per heavy atom. The minimum Gasteiger partial charge on any atom is -0.394 e. The lowest BCUT2D eigenvalue weighted by atomic mass is 9.77. The molecule has 0 saturated heterocycles. The third-order valence-corrected chi connectivity index (χ3v) is 7.37. The van der Waals surface area contributed by atoms with Crippen LogP contribution >= 0.6 is 23.2 Å². The fourth-order valence-electron chi connectivity index (χ4n) is 4.98. The number of aliphatic hydroxyl groups excluding tert-OH is 1. The number of nitrogens with zero attached hydrogens (tertiary/aromatic N) is 1. The topological polar surface area (TPSA) is 69.6 Å². The molecule has 0 spiro atoms. The summed E-state index contributed by atoms with van der Waals surface area (Å²) in [5.74, 6) is -1.21. The molecule has 2 N–H and O–H groups in total. The smallest absolute Gasteiger partial charge is 0.255 e. The number of amides is 2. The molecule has 0 saturated carbocycles. The maximum absolute atomic E-state index is 13.9. The summed E-state index contributed by atoms with van der Waals surface area (Å²) in [5, 5.41) is 14.3. The molecule has 2 amide bonds. The predicted octanol–water partition coefficient (Wildman–Crippen LogP) is 5.65. The molecule has 3 aromatic rings. The van der Waals surface area contributed by atoms with E-state index >= 15 is 0 Å². The molecule has 188 valence electrons. The second-order valence-corrected chi connectivity index (χ2v) is 10.3. The van der Waals surface area contributed by atoms with Crippen LogP contribution in [0, 0.1) is 5.92 Å². The first-order valence-corrected chi connectivity index (χ1v) is 12.9.